The van der Waals surface area contributed by atoms with Gasteiger partial charge in [-0.15, -0.1) is 0 Å². The predicted molar refractivity (Wildman–Crippen MR) is 117 cm³/mol. The Kier molecular flexibility index (Phi) is 4.01. The molecule has 1 saturated heterocycles. The third kappa shape index (κ3) is 3.21. The normalized spacial score (nSPS) is 21.9. The highest BCUT2D eigenvalue weighted by Gasteiger charge is 2.57. The Hall–Kier alpha value is -3.15. The van der Waals surface area contributed by atoms with Crippen LogP contribution in [-0.2, 0) is 9.59 Å². The first-order chi connectivity index (χ1) is 15.0. The number of hydrogen-bond donors (Lipinski definition) is 1. The van der Waals surface area contributed by atoms with Crippen molar-refractivity contribution in [1.29, 1.82) is 0 Å². The molecule has 2 aliphatic heterocycles. The number of amides is 2. The van der Waals surface area contributed by atoms with Gasteiger partial charge in [0.25, 0.3) is 5.91 Å². The van der Waals surface area contributed by atoms with Crippen molar-refractivity contribution in [2.75, 3.05) is 19.6 Å². The molecule has 2 aromatic rings. The van der Waals surface area contributed by atoms with Crippen molar-refractivity contribution in [3.8, 4) is 16.9 Å². The van der Waals surface area contributed by atoms with Crippen LogP contribution in [0.1, 0.15) is 31.2 Å². The van der Waals surface area contributed by atoms with Crippen molar-refractivity contribution in [3.05, 3.63) is 54.1 Å². The van der Waals surface area contributed by atoms with Crippen LogP contribution < -0.4 is 0 Å². The molecule has 31 heavy (non-hydrogen) atoms. The summed E-state index contributed by atoms with van der Waals surface area (Å²) in [5.74, 6) is 2.01. The molecule has 158 valence electrons. The maximum atomic E-state index is 13.1. The van der Waals surface area contributed by atoms with Crippen LogP contribution in [-0.4, -0.2) is 57.7 Å². The van der Waals surface area contributed by atoms with Gasteiger partial charge in [0.05, 0.1) is 0 Å². The summed E-state index contributed by atoms with van der Waals surface area (Å²) in [7, 11) is 0. The summed E-state index contributed by atoms with van der Waals surface area (Å²) in [5.41, 5.74) is 2.50. The van der Waals surface area contributed by atoms with Crippen LogP contribution in [0.4, 0.5) is 0 Å². The second-order valence-electron chi connectivity index (χ2n) is 9.39. The number of carbonyl (C=O) groups excluding carboxylic acids is 2. The lowest BCUT2D eigenvalue weighted by molar-refractivity contribution is -0.139. The highest BCUT2D eigenvalue weighted by atomic mass is 16.3. The van der Waals surface area contributed by atoms with E-state index in [-0.39, 0.29) is 17.6 Å². The number of likely N-dealkylation sites (tertiary alicyclic amines) is 1. The monoisotopic (exact) mass is 415 g/mol. The van der Waals surface area contributed by atoms with E-state index in [2.05, 4.69) is 0 Å². The van der Waals surface area contributed by atoms with Gasteiger partial charge in [-0.2, -0.15) is 0 Å². The number of amidine groups is 1. The lowest BCUT2D eigenvalue weighted by atomic mass is 9.97. The van der Waals surface area contributed by atoms with Gasteiger partial charge in [-0.1, -0.05) is 36.4 Å². The first-order valence-electron chi connectivity index (χ1n) is 11.1. The summed E-state index contributed by atoms with van der Waals surface area (Å²) in [6.45, 7) is 2.13. The van der Waals surface area contributed by atoms with Crippen molar-refractivity contribution in [3.63, 3.8) is 0 Å². The minimum atomic E-state index is -0.530. The van der Waals surface area contributed by atoms with Crippen LogP contribution in [0.15, 0.2) is 53.5 Å². The second-order valence-corrected chi connectivity index (χ2v) is 9.39. The van der Waals surface area contributed by atoms with E-state index in [1.165, 1.54) is 0 Å². The smallest absolute Gasteiger partial charge is 0.256 e. The summed E-state index contributed by atoms with van der Waals surface area (Å²) >= 11 is 0. The Bertz CT molecular complexity index is 1080. The zero-order valence-corrected chi connectivity index (χ0v) is 17.3. The van der Waals surface area contributed by atoms with Crippen molar-refractivity contribution >= 4 is 17.6 Å². The van der Waals surface area contributed by atoms with Crippen molar-refractivity contribution in [1.82, 2.24) is 9.80 Å². The predicted octanol–water partition coefficient (Wildman–Crippen LogP) is 3.05. The summed E-state index contributed by atoms with van der Waals surface area (Å²) in [6.07, 6.45) is 3.72. The van der Waals surface area contributed by atoms with Gasteiger partial charge in [-0.25, -0.2) is 0 Å². The van der Waals surface area contributed by atoms with Gasteiger partial charge in [-0.3, -0.25) is 19.5 Å². The Morgan fingerprint density at radius 2 is 1.55 bits per heavy atom. The van der Waals surface area contributed by atoms with E-state index < -0.39 is 5.54 Å². The van der Waals surface area contributed by atoms with Gasteiger partial charge in [0, 0.05) is 37.0 Å². The van der Waals surface area contributed by atoms with Gasteiger partial charge in [0.2, 0.25) is 5.91 Å². The fourth-order valence-corrected chi connectivity index (χ4v) is 4.67. The van der Waals surface area contributed by atoms with E-state index in [9.17, 15) is 14.7 Å². The van der Waals surface area contributed by atoms with E-state index >= 15 is 0 Å². The fourth-order valence-electron chi connectivity index (χ4n) is 4.67. The molecule has 3 fully saturated rings. The molecular formula is C25H25N3O3. The zero-order valence-electron chi connectivity index (χ0n) is 17.3. The number of phenols is 1. The number of carbonyl (C=O) groups is 2. The highest BCUT2D eigenvalue weighted by molar-refractivity contribution is 6.16. The molecule has 1 N–H and O–H groups in total. The number of hydrogen-bond acceptors (Lipinski definition) is 4. The lowest BCUT2D eigenvalue weighted by Gasteiger charge is -2.41. The third-order valence-electron chi connectivity index (χ3n) is 6.92. The molecule has 0 unspecified atom stereocenters. The second kappa shape index (κ2) is 6.67. The van der Waals surface area contributed by atoms with Crippen LogP contribution in [0.5, 0.6) is 5.75 Å². The molecule has 6 heteroatoms. The Labute approximate surface area is 181 Å². The number of aliphatic imine (C=N–C) groups is 1. The fraction of sp³-hybridized carbons (Fsp3) is 0.400. The van der Waals surface area contributed by atoms with E-state index in [0.717, 1.165) is 61.3 Å². The van der Waals surface area contributed by atoms with Crippen LogP contribution in [0.25, 0.3) is 11.1 Å². The minimum absolute atomic E-state index is 0.122. The molecule has 0 atom stereocenters. The van der Waals surface area contributed by atoms with E-state index in [1.54, 1.807) is 12.1 Å². The summed E-state index contributed by atoms with van der Waals surface area (Å²) in [5, 5.41) is 9.50. The molecule has 0 aromatic heterocycles. The highest BCUT2D eigenvalue weighted by Crippen LogP contribution is 2.46. The van der Waals surface area contributed by atoms with Gasteiger partial charge < -0.3 is 10.0 Å². The van der Waals surface area contributed by atoms with Crippen molar-refractivity contribution in [2.24, 2.45) is 16.8 Å². The van der Waals surface area contributed by atoms with Crippen LogP contribution in [0.3, 0.4) is 0 Å². The topological polar surface area (TPSA) is 73.2 Å². The summed E-state index contributed by atoms with van der Waals surface area (Å²) in [4.78, 5) is 34.0. The number of rotatable bonds is 5. The first kappa shape index (κ1) is 18.6. The van der Waals surface area contributed by atoms with Crippen molar-refractivity contribution in [2.45, 2.75) is 31.2 Å². The molecule has 2 amide bonds. The molecule has 4 aliphatic rings. The molecule has 2 aliphatic carbocycles. The van der Waals surface area contributed by atoms with E-state index in [4.69, 9.17) is 4.99 Å². The molecule has 2 heterocycles. The van der Waals surface area contributed by atoms with Gasteiger partial charge in [-0.05, 0) is 48.9 Å². The molecule has 1 spiro atoms. The molecule has 0 radical (unpaired) electrons. The molecule has 6 nitrogen and oxygen atoms in total. The third-order valence-corrected chi connectivity index (χ3v) is 6.92. The summed E-state index contributed by atoms with van der Waals surface area (Å²) < 4.78 is 0. The number of benzene rings is 2. The molecule has 6 rings (SSSR count). The maximum absolute atomic E-state index is 13.1. The van der Waals surface area contributed by atoms with Crippen molar-refractivity contribution < 1.29 is 14.7 Å². The van der Waals surface area contributed by atoms with Gasteiger partial charge >= 0.3 is 0 Å². The maximum Gasteiger partial charge on any atom is 0.256 e. The van der Waals surface area contributed by atoms with Gasteiger partial charge in [0.15, 0.2) is 0 Å². The Morgan fingerprint density at radius 1 is 0.968 bits per heavy atom. The molecule has 2 saturated carbocycles. The lowest BCUT2D eigenvalue weighted by Crippen LogP contribution is -2.55. The van der Waals surface area contributed by atoms with E-state index in [1.807, 2.05) is 46.2 Å². The number of nitrogens with zero attached hydrogens (tertiary/aromatic N) is 3. The molecule has 2 aromatic carbocycles. The standard InChI is InChI=1S/C25H25N3O3/c29-21-9-7-18(8-10-21)17-1-3-19(4-2-17)22-26-25(11-12-25)24(31)28(22)15-16-13-27(14-16)23(30)20-5-6-20/h1-4,7-10,16,20,29H,5-6,11-15H2. The number of phenolic OH excluding ortho intramolecular Hbond substituents is 1. The largest absolute Gasteiger partial charge is 0.508 e. The minimum Gasteiger partial charge on any atom is -0.508 e. The van der Waals surface area contributed by atoms with Gasteiger partial charge in [0.1, 0.15) is 17.1 Å². The molecular weight excluding hydrogens is 390 g/mol. The Balaban J connectivity index is 1.19. The SMILES string of the molecule is O=C(C1CC1)N1CC(CN2C(=O)C3(CC3)N=C2c2ccc(-c3ccc(O)cc3)cc2)C1. The van der Waals surface area contributed by atoms with E-state index in [0.29, 0.717) is 18.4 Å². The Morgan fingerprint density at radius 3 is 2.13 bits per heavy atom. The van der Waals surface area contributed by atoms with Crippen LogP contribution in [0, 0.1) is 11.8 Å². The average molecular weight is 415 g/mol. The van der Waals surface area contributed by atoms with Crippen LogP contribution >= 0.6 is 0 Å². The first-order valence-corrected chi connectivity index (χ1v) is 11.1. The zero-order chi connectivity index (χ0) is 21.2. The summed E-state index contributed by atoms with van der Waals surface area (Å²) in [6, 6.07) is 15.2. The quantitative estimate of drug-likeness (QED) is 0.816. The van der Waals surface area contributed by atoms with Crippen LogP contribution in [0.2, 0.25) is 0 Å². The average Bonchev–Trinajstić information content (AvgIpc) is 3.66. The molecule has 0 bridgehead atoms. The number of aromatic hydroxyl groups is 1.